The summed E-state index contributed by atoms with van der Waals surface area (Å²) in [7, 11) is 0. The second kappa shape index (κ2) is 7.77. The van der Waals surface area contributed by atoms with Crippen LogP contribution in [-0.4, -0.2) is 39.2 Å². The van der Waals surface area contributed by atoms with Crippen LogP contribution in [0.25, 0.3) is 16.7 Å². The Morgan fingerprint density at radius 3 is 2.44 bits per heavy atom. The molecule has 1 aliphatic heterocycles. The van der Waals surface area contributed by atoms with Gasteiger partial charge in [-0.1, -0.05) is 55.9 Å². The molecule has 0 bridgehead atoms. The zero-order chi connectivity index (χ0) is 18.8. The zero-order valence-corrected chi connectivity index (χ0v) is 16.7. The van der Waals surface area contributed by atoms with Crippen molar-refractivity contribution in [3.63, 3.8) is 0 Å². The number of benzene rings is 2. The lowest BCUT2D eigenvalue weighted by atomic mass is 9.92. The summed E-state index contributed by atoms with van der Waals surface area (Å²) in [6, 6.07) is 18.4. The van der Waals surface area contributed by atoms with Crippen molar-refractivity contribution < 1.29 is 4.79 Å². The zero-order valence-electron chi connectivity index (χ0n) is 15.8. The van der Waals surface area contributed by atoms with Gasteiger partial charge in [0.15, 0.2) is 5.16 Å². The maximum atomic E-state index is 12.8. The number of imidazole rings is 1. The highest BCUT2D eigenvalue weighted by atomic mass is 32.2. The smallest absolute Gasteiger partial charge is 0.233 e. The van der Waals surface area contributed by atoms with Gasteiger partial charge in [-0.3, -0.25) is 9.36 Å². The molecular formula is C22H25N3OS. The normalized spacial score (nSPS) is 20.1. The molecule has 2 heterocycles. The number of aromatic nitrogens is 2. The highest BCUT2D eigenvalue weighted by molar-refractivity contribution is 7.99. The lowest BCUT2D eigenvalue weighted by Crippen LogP contribution is -2.43. The van der Waals surface area contributed by atoms with Gasteiger partial charge in [0.05, 0.1) is 16.8 Å². The number of carbonyl (C=O) groups excluding carboxylic acids is 1. The summed E-state index contributed by atoms with van der Waals surface area (Å²) in [4.78, 5) is 19.6. The van der Waals surface area contributed by atoms with Crippen LogP contribution in [0.5, 0.6) is 0 Å². The van der Waals surface area contributed by atoms with Crippen LogP contribution in [-0.2, 0) is 4.79 Å². The number of amides is 1. The molecule has 3 aromatic rings. The highest BCUT2D eigenvalue weighted by Crippen LogP contribution is 2.29. The largest absolute Gasteiger partial charge is 0.341 e. The first kappa shape index (κ1) is 18.1. The molecular weight excluding hydrogens is 354 g/mol. The molecule has 27 heavy (non-hydrogen) atoms. The maximum Gasteiger partial charge on any atom is 0.233 e. The van der Waals surface area contributed by atoms with E-state index in [1.165, 1.54) is 18.2 Å². The van der Waals surface area contributed by atoms with Crippen molar-refractivity contribution in [2.45, 2.75) is 25.4 Å². The summed E-state index contributed by atoms with van der Waals surface area (Å²) in [6.45, 7) is 6.22. The molecule has 1 fully saturated rings. The Morgan fingerprint density at radius 1 is 1.04 bits per heavy atom. The summed E-state index contributed by atoms with van der Waals surface area (Å²) in [6.07, 6.45) is 1.21. The summed E-state index contributed by atoms with van der Waals surface area (Å²) in [5.41, 5.74) is 3.09. The van der Waals surface area contributed by atoms with Gasteiger partial charge >= 0.3 is 0 Å². The summed E-state index contributed by atoms with van der Waals surface area (Å²) in [5.74, 6) is 1.80. The molecule has 140 valence electrons. The summed E-state index contributed by atoms with van der Waals surface area (Å²) in [5, 5.41) is 0.869. The topological polar surface area (TPSA) is 38.1 Å². The van der Waals surface area contributed by atoms with Gasteiger partial charge in [-0.05, 0) is 42.5 Å². The maximum absolute atomic E-state index is 12.8. The van der Waals surface area contributed by atoms with Gasteiger partial charge in [0, 0.05) is 18.8 Å². The van der Waals surface area contributed by atoms with Crippen LogP contribution in [0.2, 0.25) is 0 Å². The molecule has 5 heteroatoms. The van der Waals surface area contributed by atoms with Crippen molar-refractivity contribution in [2.75, 3.05) is 18.8 Å². The van der Waals surface area contributed by atoms with Crippen LogP contribution < -0.4 is 0 Å². The number of likely N-dealkylation sites (tertiary alicyclic amines) is 1. The second-order valence-corrected chi connectivity index (χ2v) is 8.53. The average molecular weight is 380 g/mol. The Labute approximate surface area is 164 Å². The van der Waals surface area contributed by atoms with E-state index < -0.39 is 0 Å². The molecule has 0 aliphatic carbocycles. The van der Waals surface area contributed by atoms with E-state index in [-0.39, 0.29) is 5.91 Å². The number of para-hydroxylation sites is 3. The van der Waals surface area contributed by atoms with Crippen molar-refractivity contribution in [3.05, 3.63) is 54.6 Å². The van der Waals surface area contributed by atoms with Crippen molar-refractivity contribution in [3.8, 4) is 5.69 Å². The molecule has 1 aliphatic rings. The first-order valence-corrected chi connectivity index (χ1v) is 10.5. The SMILES string of the molecule is CC1CC(C)CN(C(=O)CSc2nc3ccccc3n2-c2ccccc2)C1. The Balaban J connectivity index is 1.58. The van der Waals surface area contributed by atoms with E-state index in [4.69, 9.17) is 4.98 Å². The summed E-state index contributed by atoms with van der Waals surface area (Å²) >= 11 is 1.53. The van der Waals surface area contributed by atoms with E-state index in [9.17, 15) is 4.79 Å². The fraction of sp³-hybridized carbons (Fsp3) is 0.364. The predicted octanol–water partition coefficient (Wildman–Crippen LogP) is 4.62. The highest BCUT2D eigenvalue weighted by Gasteiger charge is 2.25. The van der Waals surface area contributed by atoms with Crippen molar-refractivity contribution in [1.82, 2.24) is 14.5 Å². The molecule has 2 unspecified atom stereocenters. The fourth-order valence-electron chi connectivity index (χ4n) is 4.01. The van der Waals surface area contributed by atoms with E-state index in [1.807, 2.05) is 41.3 Å². The fourth-order valence-corrected chi connectivity index (χ4v) is 4.94. The molecule has 0 radical (unpaired) electrons. The first-order chi connectivity index (χ1) is 13.1. The monoisotopic (exact) mass is 379 g/mol. The van der Waals surface area contributed by atoms with Crippen molar-refractivity contribution in [1.29, 1.82) is 0 Å². The van der Waals surface area contributed by atoms with E-state index in [0.717, 1.165) is 35.0 Å². The molecule has 1 amide bonds. The minimum absolute atomic E-state index is 0.213. The minimum Gasteiger partial charge on any atom is -0.341 e. The van der Waals surface area contributed by atoms with E-state index in [2.05, 4.69) is 36.6 Å². The van der Waals surface area contributed by atoms with Gasteiger partial charge in [0.1, 0.15) is 0 Å². The molecule has 2 atom stereocenters. The lowest BCUT2D eigenvalue weighted by molar-refractivity contribution is -0.130. The van der Waals surface area contributed by atoms with Gasteiger partial charge in [-0.15, -0.1) is 0 Å². The van der Waals surface area contributed by atoms with Gasteiger partial charge in [-0.25, -0.2) is 4.98 Å². The molecule has 0 N–H and O–H groups in total. The molecule has 4 nitrogen and oxygen atoms in total. The van der Waals surface area contributed by atoms with Crippen molar-refractivity contribution >= 4 is 28.7 Å². The van der Waals surface area contributed by atoms with E-state index in [1.54, 1.807) is 0 Å². The van der Waals surface area contributed by atoms with E-state index >= 15 is 0 Å². The van der Waals surface area contributed by atoms with Crippen LogP contribution in [0.1, 0.15) is 20.3 Å². The third-order valence-corrected chi connectivity index (χ3v) is 6.01. The minimum atomic E-state index is 0.213. The Morgan fingerprint density at radius 2 is 1.70 bits per heavy atom. The predicted molar refractivity (Wildman–Crippen MR) is 111 cm³/mol. The number of thioether (sulfide) groups is 1. The Bertz CT molecular complexity index is 927. The average Bonchev–Trinajstić information content (AvgIpc) is 3.04. The Kier molecular flexibility index (Phi) is 5.21. The van der Waals surface area contributed by atoms with Crippen molar-refractivity contribution in [2.24, 2.45) is 11.8 Å². The number of fused-ring (bicyclic) bond motifs is 1. The van der Waals surface area contributed by atoms with Gasteiger partial charge < -0.3 is 4.90 Å². The number of piperidine rings is 1. The second-order valence-electron chi connectivity index (χ2n) is 7.59. The van der Waals surface area contributed by atoms with E-state index in [0.29, 0.717) is 17.6 Å². The third kappa shape index (κ3) is 3.88. The number of nitrogens with zero attached hydrogens (tertiary/aromatic N) is 3. The van der Waals surface area contributed by atoms with Crippen LogP contribution in [0, 0.1) is 11.8 Å². The standard InChI is InChI=1S/C22H25N3OS/c1-16-12-17(2)14-24(13-16)21(26)15-27-22-23-19-10-6-7-11-20(19)25(22)18-8-4-3-5-9-18/h3-11,16-17H,12-15H2,1-2H3. The molecule has 0 spiro atoms. The van der Waals surface area contributed by atoms with Crippen LogP contribution in [0.15, 0.2) is 59.8 Å². The number of hydrogen-bond acceptors (Lipinski definition) is 3. The Hall–Kier alpha value is -2.27. The molecule has 1 saturated heterocycles. The van der Waals surface area contributed by atoms with Crippen LogP contribution in [0.3, 0.4) is 0 Å². The number of hydrogen-bond donors (Lipinski definition) is 0. The number of carbonyl (C=O) groups is 1. The van der Waals surface area contributed by atoms with Crippen LogP contribution in [0.4, 0.5) is 0 Å². The third-order valence-electron chi connectivity index (χ3n) is 5.09. The first-order valence-electron chi connectivity index (χ1n) is 9.55. The molecule has 1 aromatic heterocycles. The lowest BCUT2D eigenvalue weighted by Gasteiger charge is -2.35. The molecule has 4 rings (SSSR count). The van der Waals surface area contributed by atoms with Gasteiger partial charge in [-0.2, -0.15) is 0 Å². The number of rotatable bonds is 4. The van der Waals surface area contributed by atoms with Crippen LogP contribution >= 0.6 is 11.8 Å². The quantitative estimate of drug-likeness (QED) is 0.621. The van der Waals surface area contributed by atoms with Gasteiger partial charge in [0.2, 0.25) is 5.91 Å². The molecule has 2 aromatic carbocycles. The summed E-state index contributed by atoms with van der Waals surface area (Å²) < 4.78 is 2.15. The van der Waals surface area contributed by atoms with Gasteiger partial charge in [0.25, 0.3) is 0 Å². The molecule has 0 saturated carbocycles.